The van der Waals surface area contributed by atoms with Crippen LogP contribution in [-0.2, 0) is 11.2 Å². The molecule has 0 bridgehead atoms. The number of ether oxygens (including phenoxy) is 1. The van der Waals surface area contributed by atoms with Gasteiger partial charge in [0.2, 0.25) is 0 Å². The summed E-state index contributed by atoms with van der Waals surface area (Å²) in [6, 6.07) is 5.72. The van der Waals surface area contributed by atoms with Crippen LogP contribution in [0.4, 0.5) is 0 Å². The molecule has 1 heterocycles. The first-order valence-electron chi connectivity index (χ1n) is 5.92. The Balaban J connectivity index is 2.29. The van der Waals surface area contributed by atoms with Gasteiger partial charge in [-0.1, -0.05) is 6.07 Å². The Morgan fingerprint density at radius 3 is 3.06 bits per heavy atom. The second-order valence-electron chi connectivity index (χ2n) is 4.32. The number of hydrogen-bond acceptors (Lipinski definition) is 3. The lowest BCUT2D eigenvalue weighted by molar-refractivity contribution is 0.0253. The lowest BCUT2D eigenvalue weighted by atomic mass is 9.94. The lowest BCUT2D eigenvalue weighted by Gasteiger charge is -2.26. The van der Waals surface area contributed by atoms with E-state index in [1.807, 2.05) is 41.1 Å². The third-order valence-corrected chi connectivity index (χ3v) is 3.54. The Morgan fingerprint density at radius 1 is 1.61 bits per heavy atom. The molecule has 1 aromatic rings. The number of amides is 1. The van der Waals surface area contributed by atoms with Crippen molar-refractivity contribution in [3.8, 4) is 0 Å². The van der Waals surface area contributed by atoms with E-state index in [2.05, 4.69) is 0 Å². The number of carbonyl (C=O) groups is 1. The predicted molar refractivity (Wildman–Crippen MR) is 76.7 cm³/mol. The number of aliphatic hydroxyl groups excluding tert-OH is 1. The van der Waals surface area contributed by atoms with Gasteiger partial charge in [0.05, 0.1) is 35.6 Å². The molecule has 0 spiro atoms. The first-order valence-corrected chi connectivity index (χ1v) is 6.89. The van der Waals surface area contributed by atoms with E-state index in [9.17, 15) is 4.79 Å². The molecule has 0 aliphatic carbocycles. The fourth-order valence-electron chi connectivity index (χ4n) is 2.20. The van der Waals surface area contributed by atoms with Crippen LogP contribution >= 0.6 is 22.9 Å². The van der Waals surface area contributed by atoms with Gasteiger partial charge >= 0.3 is 0 Å². The molecule has 98 valence electrons. The summed E-state index contributed by atoms with van der Waals surface area (Å²) in [4.78, 5) is 11.9. The Morgan fingerprint density at radius 2 is 2.39 bits per heavy atom. The third kappa shape index (κ3) is 2.84. The molecule has 1 atom stereocenters. The summed E-state index contributed by atoms with van der Waals surface area (Å²) < 4.78 is 7.18. The highest BCUT2D eigenvalue weighted by Crippen LogP contribution is 2.30. The van der Waals surface area contributed by atoms with Crippen molar-refractivity contribution in [2.75, 3.05) is 20.3 Å². The zero-order valence-electron chi connectivity index (χ0n) is 10.2. The van der Waals surface area contributed by atoms with E-state index in [0.29, 0.717) is 18.6 Å². The van der Waals surface area contributed by atoms with E-state index in [1.165, 1.54) is 0 Å². The van der Waals surface area contributed by atoms with E-state index >= 15 is 0 Å². The minimum atomic E-state index is -0.0415. The maximum Gasteiger partial charge on any atom is 0.262 e. The molecule has 1 unspecified atom stereocenters. The second-order valence-corrected chi connectivity index (χ2v) is 5.76. The van der Waals surface area contributed by atoms with Crippen LogP contribution in [0.3, 0.4) is 0 Å². The summed E-state index contributed by atoms with van der Waals surface area (Å²) in [6.45, 7) is 0.761. The SMILES string of the molecule is CN(I)C(=O)c1ccc2c(c1)CCOC2CCO. The second kappa shape index (κ2) is 5.99. The number of aliphatic hydroxyl groups is 1. The summed E-state index contributed by atoms with van der Waals surface area (Å²) in [7, 11) is 1.74. The van der Waals surface area contributed by atoms with Crippen molar-refractivity contribution in [3.05, 3.63) is 34.9 Å². The van der Waals surface area contributed by atoms with Gasteiger partial charge in [-0.05, 0) is 29.7 Å². The molecule has 1 aliphatic heterocycles. The maximum atomic E-state index is 11.9. The molecule has 1 aromatic carbocycles. The molecule has 1 aliphatic rings. The number of halogens is 1. The van der Waals surface area contributed by atoms with Crippen LogP contribution < -0.4 is 0 Å². The fourth-order valence-corrected chi connectivity index (χ4v) is 2.48. The summed E-state index contributed by atoms with van der Waals surface area (Å²) >= 11 is 1.97. The third-order valence-electron chi connectivity index (χ3n) is 3.10. The van der Waals surface area contributed by atoms with Gasteiger partial charge in [-0.3, -0.25) is 7.91 Å². The van der Waals surface area contributed by atoms with E-state index in [1.54, 1.807) is 10.2 Å². The van der Waals surface area contributed by atoms with Gasteiger partial charge in [0.25, 0.3) is 5.91 Å². The standard InChI is InChI=1S/C13H16INO3/c1-15(14)13(17)10-2-3-11-9(8-10)5-7-18-12(11)4-6-16/h2-3,8,12,16H,4-7H2,1H3. The molecule has 1 N–H and O–H groups in total. The van der Waals surface area contributed by atoms with Crippen LogP contribution in [0.15, 0.2) is 18.2 Å². The van der Waals surface area contributed by atoms with Gasteiger partial charge in [0.15, 0.2) is 0 Å². The topological polar surface area (TPSA) is 49.8 Å². The summed E-state index contributed by atoms with van der Waals surface area (Å²) in [5.74, 6) is 0.00333. The van der Waals surface area contributed by atoms with E-state index < -0.39 is 0 Å². The molecule has 2 rings (SSSR count). The van der Waals surface area contributed by atoms with Crippen LogP contribution in [0.2, 0.25) is 0 Å². The molecule has 0 fully saturated rings. The van der Waals surface area contributed by atoms with Crippen LogP contribution in [0.1, 0.15) is 34.0 Å². The number of carbonyl (C=O) groups excluding carboxylic acids is 1. The zero-order chi connectivity index (χ0) is 13.1. The quantitative estimate of drug-likeness (QED) is 0.663. The van der Waals surface area contributed by atoms with Crippen molar-refractivity contribution in [3.63, 3.8) is 0 Å². The van der Waals surface area contributed by atoms with Crippen molar-refractivity contribution in [1.29, 1.82) is 0 Å². The monoisotopic (exact) mass is 361 g/mol. The summed E-state index contributed by atoms with van der Waals surface area (Å²) in [5, 5.41) is 9.02. The normalized spacial score (nSPS) is 18.3. The van der Waals surface area contributed by atoms with Gasteiger partial charge < -0.3 is 9.84 Å². The average molecular weight is 361 g/mol. The highest BCUT2D eigenvalue weighted by molar-refractivity contribution is 14.1. The van der Waals surface area contributed by atoms with Crippen LogP contribution in [-0.4, -0.2) is 34.4 Å². The van der Waals surface area contributed by atoms with Crippen LogP contribution in [0, 0.1) is 0 Å². The van der Waals surface area contributed by atoms with Crippen molar-refractivity contribution in [2.45, 2.75) is 18.9 Å². The molecule has 1 amide bonds. The minimum Gasteiger partial charge on any atom is -0.396 e. The zero-order valence-corrected chi connectivity index (χ0v) is 12.4. The molecule has 5 heteroatoms. The minimum absolute atomic E-state index is 0.00333. The molecular formula is C13H16INO3. The molecule has 4 nitrogen and oxygen atoms in total. The molecule has 18 heavy (non-hydrogen) atoms. The van der Waals surface area contributed by atoms with Crippen LogP contribution in [0.5, 0.6) is 0 Å². The first-order chi connectivity index (χ1) is 8.63. The molecule has 0 saturated carbocycles. The van der Waals surface area contributed by atoms with Gasteiger partial charge in [-0.25, -0.2) is 0 Å². The largest absolute Gasteiger partial charge is 0.396 e. The van der Waals surface area contributed by atoms with Crippen molar-refractivity contribution in [2.24, 2.45) is 0 Å². The fraction of sp³-hybridized carbons (Fsp3) is 0.462. The Labute approximate surface area is 120 Å². The van der Waals surface area contributed by atoms with Gasteiger partial charge in [-0.15, -0.1) is 0 Å². The van der Waals surface area contributed by atoms with Gasteiger partial charge in [0.1, 0.15) is 0 Å². The van der Waals surface area contributed by atoms with Gasteiger partial charge in [0, 0.05) is 25.6 Å². The molecule has 0 aromatic heterocycles. The van der Waals surface area contributed by atoms with E-state index in [-0.39, 0.29) is 18.6 Å². The predicted octanol–water partition coefficient (Wildman–Crippen LogP) is 2.10. The molecule has 0 radical (unpaired) electrons. The smallest absolute Gasteiger partial charge is 0.262 e. The van der Waals surface area contributed by atoms with Crippen LogP contribution in [0.25, 0.3) is 0 Å². The van der Waals surface area contributed by atoms with Gasteiger partial charge in [-0.2, -0.15) is 0 Å². The van der Waals surface area contributed by atoms with Crippen molar-refractivity contribution in [1.82, 2.24) is 3.11 Å². The van der Waals surface area contributed by atoms with Crippen molar-refractivity contribution >= 4 is 28.8 Å². The Kier molecular flexibility index (Phi) is 4.58. The highest BCUT2D eigenvalue weighted by Gasteiger charge is 2.22. The lowest BCUT2D eigenvalue weighted by Crippen LogP contribution is -2.20. The number of nitrogens with zero attached hydrogens (tertiary/aromatic N) is 1. The maximum absolute atomic E-state index is 11.9. The summed E-state index contributed by atoms with van der Waals surface area (Å²) in [6.07, 6.45) is 1.38. The molecular weight excluding hydrogens is 345 g/mol. The summed E-state index contributed by atoms with van der Waals surface area (Å²) in [5.41, 5.74) is 2.96. The highest BCUT2D eigenvalue weighted by atomic mass is 127. The Bertz CT molecular complexity index is 448. The number of rotatable bonds is 3. The van der Waals surface area contributed by atoms with E-state index in [4.69, 9.17) is 9.84 Å². The number of fused-ring (bicyclic) bond motifs is 1. The van der Waals surface area contributed by atoms with E-state index in [0.717, 1.165) is 17.5 Å². The number of benzene rings is 1. The first kappa shape index (κ1) is 13.8. The average Bonchev–Trinajstić information content (AvgIpc) is 2.38. The molecule has 0 saturated heterocycles. The Hall–Kier alpha value is -0.660. The van der Waals surface area contributed by atoms with Crippen molar-refractivity contribution < 1.29 is 14.6 Å². The number of hydrogen-bond donors (Lipinski definition) is 1.